The summed E-state index contributed by atoms with van der Waals surface area (Å²) < 4.78 is 28.8. The van der Waals surface area contributed by atoms with Crippen molar-refractivity contribution < 1.29 is 13.5 Å². The summed E-state index contributed by atoms with van der Waals surface area (Å²) in [5.41, 5.74) is 0.536. The van der Waals surface area contributed by atoms with E-state index in [0.717, 1.165) is 10.0 Å². The van der Waals surface area contributed by atoms with Crippen molar-refractivity contribution in [2.24, 2.45) is 5.41 Å². The van der Waals surface area contributed by atoms with Gasteiger partial charge in [-0.15, -0.1) is 0 Å². The van der Waals surface area contributed by atoms with Crippen molar-refractivity contribution in [1.29, 1.82) is 0 Å². The van der Waals surface area contributed by atoms with Gasteiger partial charge in [-0.25, -0.2) is 13.1 Å². The summed E-state index contributed by atoms with van der Waals surface area (Å²) in [7, 11) is -3.63. The molecule has 0 aliphatic rings. The number of nitrogens with one attached hydrogen (secondary N) is 1. The van der Waals surface area contributed by atoms with Gasteiger partial charge in [-0.2, -0.15) is 0 Å². The van der Waals surface area contributed by atoms with Crippen LogP contribution in [-0.4, -0.2) is 26.7 Å². The molecule has 2 N–H and O–H groups in total. The lowest BCUT2D eigenvalue weighted by molar-refractivity contribution is 0.119. The highest BCUT2D eigenvalue weighted by Crippen LogP contribution is 2.30. The molecular formula is C14H21Br2NO3S. The molecule has 0 saturated heterocycles. The predicted octanol–water partition coefficient (Wildman–Crippen LogP) is 3.60. The molecule has 4 nitrogen and oxygen atoms in total. The summed E-state index contributed by atoms with van der Waals surface area (Å²) in [6.07, 6.45) is 1.42. The molecule has 7 heteroatoms. The van der Waals surface area contributed by atoms with Crippen LogP contribution in [0.5, 0.6) is 0 Å². The number of benzene rings is 1. The Morgan fingerprint density at radius 3 is 2.24 bits per heavy atom. The van der Waals surface area contributed by atoms with Gasteiger partial charge in [0.15, 0.2) is 0 Å². The van der Waals surface area contributed by atoms with E-state index >= 15 is 0 Å². The summed E-state index contributed by atoms with van der Waals surface area (Å²) in [6, 6.07) is 3.35. The zero-order chi connectivity index (χ0) is 16.3. The van der Waals surface area contributed by atoms with Gasteiger partial charge in [0.1, 0.15) is 0 Å². The normalized spacial score (nSPS) is 12.7. The minimum Gasteiger partial charge on any atom is -0.396 e. The quantitative estimate of drug-likeness (QED) is 0.677. The van der Waals surface area contributed by atoms with Crippen LogP contribution in [0.3, 0.4) is 0 Å². The van der Waals surface area contributed by atoms with Crippen LogP contribution >= 0.6 is 31.9 Å². The molecular weight excluding hydrogens is 422 g/mol. The number of halogens is 2. The first kappa shape index (κ1) is 19.1. The molecule has 21 heavy (non-hydrogen) atoms. The van der Waals surface area contributed by atoms with Crippen LogP contribution in [0.1, 0.15) is 32.3 Å². The zero-order valence-electron chi connectivity index (χ0n) is 12.4. The van der Waals surface area contributed by atoms with E-state index in [1.54, 1.807) is 12.1 Å². The first-order chi connectivity index (χ1) is 9.71. The molecule has 0 aliphatic carbocycles. The lowest BCUT2D eigenvalue weighted by atomic mass is 9.84. The monoisotopic (exact) mass is 441 g/mol. The van der Waals surface area contributed by atoms with Crippen LogP contribution in [0, 0.1) is 12.3 Å². The third kappa shape index (κ3) is 4.51. The molecule has 0 amide bonds. The number of hydrogen-bond acceptors (Lipinski definition) is 3. The minimum atomic E-state index is -3.63. The molecule has 0 aliphatic heterocycles. The lowest BCUT2D eigenvalue weighted by Crippen LogP contribution is -2.39. The molecule has 0 spiro atoms. The van der Waals surface area contributed by atoms with Crippen LogP contribution in [0.4, 0.5) is 0 Å². The number of aliphatic hydroxyl groups is 1. The maximum Gasteiger partial charge on any atom is 0.241 e. The summed E-state index contributed by atoms with van der Waals surface area (Å²) >= 11 is 6.65. The molecule has 0 heterocycles. The Bertz CT molecular complexity index is 590. The molecule has 0 fully saturated rings. The Labute approximate surface area is 143 Å². The zero-order valence-corrected chi connectivity index (χ0v) is 16.4. The molecule has 120 valence electrons. The van der Waals surface area contributed by atoms with Gasteiger partial charge in [0.2, 0.25) is 10.0 Å². The predicted molar refractivity (Wildman–Crippen MR) is 91.9 cm³/mol. The van der Waals surface area contributed by atoms with E-state index in [4.69, 9.17) is 0 Å². The van der Waals surface area contributed by atoms with Crippen molar-refractivity contribution in [3.8, 4) is 0 Å². The summed E-state index contributed by atoms with van der Waals surface area (Å²) in [6.45, 7) is 5.97. The number of sulfonamides is 1. The average Bonchev–Trinajstić information content (AvgIpc) is 2.45. The van der Waals surface area contributed by atoms with E-state index < -0.39 is 15.4 Å². The van der Waals surface area contributed by atoms with Gasteiger partial charge < -0.3 is 5.11 Å². The molecule has 0 radical (unpaired) electrons. The van der Waals surface area contributed by atoms with E-state index in [9.17, 15) is 13.5 Å². The Morgan fingerprint density at radius 1 is 1.19 bits per heavy atom. The minimum absolute atomic E-state index is 0.0404. The van der Waals surface area contributed by atoms with Crippen LogP contribution in [0.15, 0.2) is 26.0 Å². The van der Waals surface area contributed by atoms with E-state index in [2.05, 4.69) is 36.6 Å². The first-order valence-electron chi connectivity index (χ1n) is 6.77. The largest absolute Gasteiger partial charge is 0.396 e. The second-order valence-electron chi connectivity index (χ2n) is 5.22. The van der Waals surface area contributed by atoms with E-state index in [1.807, 2.05) is 20.8 Å². The Morgan fingerprint density at radius 2 is 1.76 bits per heavy atom. The lowest BCUT2D eigenvalue weighted by Gasteiger charge is -2.29. The van der Waals surface area contributed by atoms with Crippen molar-refractivity contribution in [2.45, 2.75) is 38.5 Å². The van der Waals surface area contributed by atoms with Gasteiger partial charge >= 0.3 is 0 Å². The van der Waals surface area contributed by atoms with Crippen molar-refractivity contribution in [2.75, 3.05) is 13.2 Å². The van der Waals surface area contributed by atoms with Crippen LogP contribution in [-0.2, 0) is 10.0 Å². The summed E-state index contributed by atoms with van der Waals surface area (Å²) in [5.74, 6) is 0. The number of aliphatic hydroxyl groups excluding tert-OH is 1. The summed E-state index contributed by atoms with van der Waals surface area (Å²) in [4.78, 5) is 0.194. The average molecular weight is 443 g/mol. The van der Waals surface area contributed by atoms with Crippen LogP contribution < -0.4 is 4.72 Å². The Hall–Kier alpha value is 0.0500. The van der Waals surface area contributed by atoms with Gasteiger partial charge in [-0.3, -0.25) is 0 Å². The van der Waals surface area contributed by atoms with Crippen molar-refractivity contribution in [3.05, 3.63) is 26.6 Å². The van der Waals surface area contributed by atoms with E-state index in [-0.39, 0.29) is 18.0 Å². The highest BCUT2D eigenvalue weighted by Gasteiger charge is 2.28. The fourth-order valence-corrected chi connectivity index (χ4v) is 4.77. The number of aryl methyl sites for hydroxylation is 1. The van der Waals surface area contributed by atoms with E-state index in [1.165, 1.54) is 0 Å². The topological polar surface area (TPSA) is 66.4 Å². The standard InChI is InChI=1S/C14H21Br2NO3S/c1-4-14(5-2,9-18)8-17-21(19,20)13-7-11(15)10(3)6-12(13)16/h6-7,17-18H,4-5,8-9H2,1-3H3. The fraction of sp³-hybridized carbons (Fsp3) is 0.571. The third-order valence-electron chi connectivity index (χ3n) is 3.98. The highest BCUT2D eigenvalue weighted by atomic mass is 79.9. The van der Waals surface area contributed by atoms with Gasteiger partial charge in [0, 0.05) is 27.5 Å². The molecule has 0 aromatic heterocycles. The molecule has 0 saturated carbocycles. The third-order valence-corrected chi connectivity index (χ3v) is 7.19. The van der Waals surface area contributed by atoms with Crippen LogP contribution in [0.2, 0.25) is 0 Å². The maximum absolute atomic E-state index is 12.5. The van der Waals surface area contributed by atoms with Gasteiger partial charge in [0.05, 0.1) is 4.90 Å². The smallest absolute Gasteiger partial charge is 0.241 e. The second kappa shape index (κ2) is 7.55. The first-order valence-corrected chi connectivity index (χ1v) is 9.84. The molecule has 1 rings (SSSR count). The van der Waals surface area contributed by atoms with Crippen molar-refractivity contribution in [1.82, 2.24) is 4.72 Å². The maximum atomic E-state index is 12.5. The molecule has 0 atom stereocenters. The fourth-order valence-electron chi connectivity index (χ4n) is 1.94. The van der Waals surface area contributed by atoms with E-state index in [0.29, 0.717) is 17.3 Å². The molecule has 1 aromatic carbocycles. The van der Waals surface area contributed by atoms with Crippen molar-refractivity contribution >= 4 is 41.9 Å². The highest BCUT2D eigenvalue weighted by molar-refractivity contribution is 9.11. The van der Waals surface area contributed by atoms with Gasteiger partial charge in [-0.05, 0) is 53.4 Å². The Kier molecular flexibility index (Phi) is 6.86. The second-order valence-corrected chi connectivity index (χ2v) is 8.67. The molecule has 1 aromatic rings. The Balaban J connectivity index is 3.05. The van der Waals surface area contributed by atoms with Gasteiger partial charge in [-0.1, -0.05) is 29.8 Å². The SMILES string of the molecule is CCC(CC)(CO)CNS(=O)(=O)c1cc(Br)c(C)cc1Br. The summed E-state index contributed by atoms with van der Waals surface area (Å²) in [5, 5.41) is 9.53. The molecule has 0 unspecified atom stereocenters. The molecule has 0 bridgehead atoms. The number of rotatable bonds is 7. The van der Waals surface area contributed by atoms with Gasteiger partial charge in [0.25, 0.3) is 0 Å². The number of hydrogen-bond donors (Lipinski definition) is 2. The van der Waals surface area contributed by atoms with Crippen molar-refractivity contribution in [3.63, 3.8) is 0 Å². The van der Waals surface area contributed by atoms with Crippen LogP contribution in [0.25, 0.3) is 0 Å².